The molecule has 1 spiro atoms. The highest BCUT2D eigenvalue weighted by molar-refractivity contribution is 6.00. The second-order valence-electron chi connectivity index (χ2n) is 5.82. The normalized spacial score (nSPS) is 21.7. The number of carbonyl (C=O) groups is 1. The third-order valence-corrected chi connectivity index (χ3v) is 4.39. The molecule has 2 aliphatic rings. The average molecular weight is 244 g/mol. The van der Waals surface area contributed by atoms with Gasteiger partial charge in [-0.1, -0.05) is 18.9 Å². The number of rotatable bonds is 0. The molecule has 1 N–H and O–H groups in total. The predicted octanol–water partition coefficient (Wildman–Crippen LogP) is 2.94. The van der Waals surface area contributed by atoms with Gasteiger partial charge in [0.15, 0.2) is 0 Å². The van der Waals surface area contributed by atoms with E-state index in [4.69, 9.17) is 0 Å². The van der Waals surface area contributed by atoms with E-state index in [1.165, 1.54) is 18.4 Å². The molecule has 1 aliphatic heterocycles. The molecule has 3 heteroatoms. The minimum Gasteiger partial charge on any atom is -0.372 e. The van der Waals surface area contributed by atoms with Crippen molar-refractivity contribution in [2.45, 2.75) is 32.6 Å². The molecule has 1 fully saturated rings. The molecular weight excluding hydrogens is 224 g/mol. The maximum atomic E-state index is 12.5. The highest BCUT2D eigenvalue weighted by Crippen LogP contribution is 2.43. The third kappa shape index (κ3) is 1.69. The van der Waals surface area contributed by atoms with Crippen LogP contribution in [0.1, 0.15) is 31.2 Å². The molecule has 18 heavy (non-hydrogen) atoms. The highest BCUT2D eigenvalue weighted by Gasteiger charge is 2.44. The number of nitrogens with zero attached hydrogens (tertiary/aromatic N) is 1. The fourth-order valence-electron chi connectivity index (χ4n) is 3.37. The summed E-state index contributed by atoms with van der Waals surface area (Å²) in [6.45, 7) is 2.93. The van der Waals surface area contributed by atoms with Crippen LogP contribution in [0, 0.1) is 12.3 Å². The Morgan fingerprint density at radius 2 is 2.00 bits per heavy atom. The molecule has 1 saturated carbocycles. The van der Waals surface area contributed by atoms with Gasteiger partial charge >= 0.3 is 0 Å². The smallest absolute Gasteiger partial charge is 0.232 e. The van der Waals surface area contributed by atoms with Crippen molar-refractivity contribution in [3.63, 3.8) is 0 Å². The average Bonchev–Trinajstić information content (AvgIpc) is 2.77. The van der Waals surface area contributed by atoms with Gasteiger partial charge in [-0.25, -0.2) is 0 Å². The van der Waals surface area contributed by atoms with Gasteiger partial charge in [-0.05, 0) is 37.5 Å². The Morgan fingerprint density at radius 1 is 1.28 bits per heavy atom. The van der Waals surface area contributed by atoms with Crippen LogP contribution in [-0.4, -0.2) is 19.5 Å². The van der Waals surface area contributed by atoms with Gasteiger partial charge in [0.25, 0.3) is 0 Å². The molecule has 96 valence electrons. The third-order valence-electron chi connectivity index (χ3n) is 4.39. The Bertz CT molecular complexity index is 489. The number of amides is 1. The van der Waals surface area contributed by atoms with Crippen molar-refractivity contribution in [2.24, 2.45) is 5.41 Å². The van der Waals surface area contributed by atoms with E-state index in [-0.39, 0.29) is 11.3 Å². The summed E-state index contributed by atoms with van der Waals surface area (Å²) in [5.41, 5.74) is 3.17. The first-order valence-electron chi connectivity index (χ1n) is 6.74. The fourth-order valence-corrected chi connectivity index (χ4v) is 3.37. The standard InChI is InChI=1S/C15H20N2O/c1-11-5-6-12-13(9-11)17(2)10-15(14(18)16-12)7-3-4-8-15/h5-6,9H,3-4,7-8,10H2,1-2H3,(H,16,18). The van der Waals surface area contributed by atoms with Crippen molar-refractivity contribution < 1.29 is 4.79 Å². The fraction of sp³-hybridized carbons (Fsp3) is 0.533. The predicted molar refractivity (Wildman–Crippen MR) is 74.0 cm³/mol. The Labute approximate surface area is 108 Å². The van der Waals surface area contributed by atoms with E-state index in [1.807, 2.05) is 6.07 Å². The molecule has 0 saturated heterocycles. The number of hydrogen-bond donors (Lipinski definition) is 1. The summed E-state index contributed by atoms with van der Waals surface area (Å²) in [6, 6.07) is 6.23. The second-order valence-corrected chi connectivity index (χ2v) is 5.82. The van der Waals surface area contributed by atoms with Crippen molar-refractivity contribution in [3.05, 3.63) is 23.8 Å². The molecule has 3 nitrogen and oxygen atoms in total. The topological polar surface area (TPSA) is 32.3 Å². The largest absolute Gasteiger partial charge is 0.372 e. The summed E-state index contributed by atoms with van der Waals surface area (Å²) >= 11 is 0. The van der Waals surface area contributed by atoms with E-state index in [0.29, 0.717) is 0 Å². The van der Waals surface area contributed by atoms with Crippen molar-refractivity contribution >= 4 is 17.3 Å². The highest BCUT2D eigenvalue weighted by atomic mass is 16.2. The van der Waals surface area contributed by atoms with Gasteiger partial charge < -0.3 is 10.2 Å². The van der Waals surface area contributed by atoms with Gasteiger partial charge in [0, 0.05) is 13.6 Å². The van der Waals surface area contributed by atoms with Crippen molar-refractivity contribution in [3.8, 4) is 0 Å². The van der Waals surface area contributed by atoms with Gasteiger partial charge in [0.2, 0.25) is 5.91 Å². The Hall–Kier alpha value is -1.51. The van der Waals surface area contributed by atoms with Crippen molar-refractivity contribution in [1.82, 2.24) is 0 Å². The molecule has 1 aliphatic carbocycles. The molecule has 0 aromatic heterocycles. The van der Waals surface area contributed by atoms with Crippen LogP contribution >= 0.6 is 0 Å². The quantitative estimate of drug-likeness (QED) is 0.761. The summed E-state index contributed by atoms with van der Waals surface area (Å²) in [4.78, 5) is 14.7. The molecule has 3 rings (SSSR count). The summed E-state index contributed by atoms with van der Waals surface area (Å²) in [6.07, 6.45) is 4.40. The van der Waals surface area contributed by atoms with Crippen LogP contribution in [0.15, 0.2) is 18.2 Å². The van der Waals surface area contributed by atoms with Crippen LogP contribution in [0.3, 0.4) is 0 Å². The molecular formula is C15H20N2O. The SMILES string of the molecule is Cc1ccc2c(c1)N(C)CC1(CCCC1)C(=O)N2. The van der Waals surface area contributed by atoms with Gasteiger partial charge in [0.1, 0.15) is 0 Å². The van der Waals surface area contributed by atoms with Crippen molar-refractivity contribution in [2.75, 3.05) is 23.8 Å². The van der Waals surface area contributed by atoms with Crippen LogP contribution in [0.25, 0.3) is 0 Å². The minimum atomic E-state index is -0.165. The number of anilines is 2. The zero-order chi connectivity index (χ0) is 12.8. The van der Waals surface area contributed by atoms with Crippen LogP contribution in [0.2, 0.25) is 0 Å². The van der Waals surface area contributed by atoms with E-state index in [9.17, 15) is 4.79 Å². The number of benzene rings is 1. The maximum absolute atomic E-state index is 12.5. The summed E-state index contributed by atoms with van der Waals surface area (Å²) in [5.74, 6) is 0.217. The molecule has 0 unspecified atom stereocenters. The first-order chi connectivity index (χ1) is 8.61. The first kappa shape index (κ1) is 11.6. The lowest BCUT2D eigenvalue weighted by Gasteiger charge is -2.29. The second kappa shape index (κ2) is 4.01. The zero-order valence-corrected chi connectivity index (χ0v) is 11.1. The molecule has 0 radical (unpaired) electrons. The lowest BCUT2D eigenvalue weighted by atomic mass is 9.85. The van der Waals surface area contributed by atoms with E-state index < -0.39 is 0 Å². The van der Waals surface area contributed by atoms with Crippen LogP contribution < -0.4 is 10.2 Å². The lowest BCUT2D eigenvalue weighted by Crippen LogP contribution is -2.40. The Kier molecular flexibility index (Phi) is 2.58. The molecule has 1 aromatic carbocycles. The minimum absolute atomic E-state index is 0.165. The Morgan fingerprint density at radius 3 is 2.72 bits per heavy atom. The van der Waals surface area contributed by atoms with E-state index in [2.05, 4.69) is 36.3 Å². The number of carbonyl (C=O) groups excluding carboxylic acids is 1. The van der Waals surface area contributed by atoms with Gasteiger partial charge in [-0.3, -0.25) is 4.79 Å². The maximum Gasteiger partial charge on any atom is 0.232 e. The number of hydrogen-bond acceptors (Lipinski definition) is 2. The zero-order valence-electron chi connectivity index (χ0n) is 11.1. The summed E-state index contributed by atoms with van der Waals surface area (Å²) in [7, 11) is 2.10. The van der Waals surface area contributed by atoms with Gasteiger partial charge in [0.05, 0.1) is 16.8 Å². The number of aryl methyl sites for hydroxylation is 1. The number of fused-ring (bicyclic) bond motifs is 1. The molecule has 0 bridgehead atoms. The van der Waals surface area contributed by atoms with Crippen LogP contribution in [0.4, 0.5) is 11.4 Å². The lowest BCUT2D eigenvalue weighted by molar-refractivity contribution is -0.124. The molecule has 0 atom stereocenters. The first-order valence-corrected chi connectivity index (χ1v) is 6.74. The number of nitrogens with one attached hydrogen (secondary N) is 1. The summed E-state index contributed by atoms with van der Waals surface area (Å²) in [5, 5.41) is 3.13. The monoisotopic (exact) mass is 244 g/mol. The van der Waals surface area contributed by atoms with Gasteiger partial charge in [-0.15, -0.1) is 0 Å². The van der Waals surface area contributed by atoms with E-state index >= 15 is 0 Å². The van der Waals surface area contributed by atoms with Crippen LogP contribution in [-0.2, 0) is 4.79 Å². The van der Waals surface area contributed by atoms with Gasteiger partial charge in [-0.2, -0.15) is 0 Å². The molecule has 1 heterocycles. The van der Waals surface area contributed by atoms with E-state index in [0.717, 1.165) is 30.8 Å². The van der Waals surface area contributed by atoms with Crippen molar-refractivity contribution in [1.29, 1.82) is 0 Å². The van der Waals surface area contributed by atoms with Crippen LogP contribution in [0.5, 0.6) is 0 Å². The molecule has 1 amide bonds. The Balaban J connectivity index is 2.03. The molecule has 1 aromatic rings. The van der Waals surface area contributed by atoms with E-state index in [1.54, 1.807) is 0 Å². The summed E-state index contributed by atoms with van der Waals surface area (Å²) < 4.78 is 0.